The predicted octanol–water partition coefficient (Wildman–Crippen LogP) is 2.27. The lowest BCUT2D eigenvalue weighted by Crippen LogP contribution is -2.46. The van der Waals surface area contributed by atoms with Crippen LogP contribution in [-0.2, 0) is 4.74 Å². The Balaban J connectivity index is 2.25. The number of nitro benzene ring substituents is 1. The highest BCUT2D eigenvalue weighted by molar-refractivity contribution is 5.99. The van der Waals surface area contributed by atoms with Crippen molar-refractivity contribution >= 4 is 11.6 Å². The maximum Gasteiger partial charge on any atom is 0.286 e. The molecular formula is C19H29N3O6. The maximum absolute atomic E-state index is 12.8. The van der Waals surface area contributed by atoms with Crippen LogP contribution in [-0.4, -0.2) is 50.9 Å². The van der Waals surface area contributed by atoms with Gasteiger partial charge in [0.2, 0.25) is 0 Å². The average Bonchev–Trinajstić information content (AvgIpc) is 2.72. The van der Waals surface area contributed by atoms with E-state index in [2.05, 4.69) is 5.32 Å². The molecule has 3 N–H and O–H groups in total. The van der Waals surface area contributed by atoms with Crippen LogP contribution in [0.3, 0.4) is 0 Å². The number of rotatable bonds is 10. The Kier molecular flexibility index (Phi) is 8.46. The minimum absolute atomic E-state index is 0.0739. The first-order valence-corrected chi connectivity index (χ1v) is 9.50. The zero-order valence-corrected chi connectivity index (χ0v) is 16.4. The number of nitro groups is 1. The van der Waals surface area contributed by atoms with Crippen molar-refractivity contribution in [2.45, 2.75) is 38.1 Å². The number of nitrogens with one attached hydrogen (secondary N) is 1. The molecule has 0 heterocycles. The van der Waals surface area contributed by atoms with Gasteiger partial charge in [-0.25, -0.2) is 0 Å². The molecular weight excluding hydrogens is 366 g/mol. The number of ether oxygens (including phenoxy) is 3. The molecule has 0 aliphatic heterocycles. The minimum atomic E-state index is -0.602. The smallest absolute Gasteiger partial charge is 0.286 e. The summed E-state index contributed by atoms with van der Waals surface area (Å²) in [6.45, 7) is 0.810. The van der Waals surface area contributed by atoms with Gasteiger partial charge in [-0.2, -0.15) is 0 Å². The number of hydrogen-bond acceptors (Lipinski definition) is 7. The second-order valence-electron chi connectivity index (χ2n) is 6.83. The van der Waals surface area contributed by atoms with Crippen molar-refractivity contribution in [2.24, 2.45) is 11.7 Å². The van der Waals surface area contributed by atoms with Crippen LogP contribution in [0.2, 0.25) is 0 Å². The average molecular weight is 395 g/mol. The number of methoxy groups -OCH3 is 2. The number of carbonyl (C=O) groups is 1. The van der Waals surface area contributed by atoms with Crippen molar-refractivity contribution in [1.29, 1.82) is 0 Å². The summed E-state index contributed by atoms with van der Waals surface area (Å²) in [5.74, 6) is 0.189. The van der Waals surface area contributed by atoms with E-state index in [-0.39, 0.29) is 35.4 Å². The summed E-state index contributed by atoms with van der Waals surface area (Å²) in [6, 6.07) is 2.34. The number of amides is 1. The molecule has 0 saturated heterocycles. The van der Waals surface area contributed by atoms with E-state index in [1.807, 2.05) is 0 Å². The monoisotopic (exact) mass is 395 g/mol. The zero-order chi connectivity index (χ0) is 20.5. The van der Waals surface area contributed by atoms with Gasteiger partial charge in [-0.1, -0.05) is 19.3 Å². The third kappa shape index (κ3) is 5.56. The Morgan fingerprint density at radius 3 is 2.54 bits per heavy atom. The fourth-order valence-corrected chi connectivity index (χ4v) is 3.54. The summed E-state index contributed by atoms with van der Waals surface area (Å²) in [5.41, 5.74) is 5.45. The third-order valence-electron chi connectivity index (χ3n) is 5.06. The minimum Gasteiger partial charge on any atom is -0.493 e. The van der Waals surface area contributed by atoms with Crippen LogP contribution < -0.4 is 20.5 Å². The van der Waals surface area contributed by atoms with Gasteiger partial charge in [0.05, 0.1) is 24.7 Å². The van der Waals surface area contributed by atoms with Crippen molar-refractivity contribution in [1.82, 2.24) is 5.32 Å². The largest absolute Gasteiger partial charge is 0.493 e. The highest BCUT2D eigenvalue weighted by atomic mass is 16.6. The van der Waals surface area contributed by atoms with Crippen molar-refractivity contribution < 1.29 is 23.9 Å². The lowest BCUT2D eigenvalue weighted by atomic mass is 9.84. The molecule has 1 fully saturated rings. The molecule has 28 heavy (non-hydrogen) atoms. The van der Waals surface area contributed by atoms with E-state index in [0.29, 0.717) is 19.1 Å². The maximum atomic E-state index is 12.8. The fourth-order valence-electron chi connectivity index (χ4n) is 3.54. The van der Waals surface area contributed by atoms with Gasteiger partial charge in [0.15, 0.2) is 11.5 Å². The number of nitrogens with zero attached hydrogens (tertiary/aromatic N) is 1. The first-order chi connectivity index (χ1) is 13.5. The molecule has 9 nitrogen and oxygen atoms in total. The van der Waals surface area contributed by atoms with Gasteiger partial charge in [0.1, 0.15) is 12.2 Å². The number of hydrogen-bond donors (Lipinski definition) is 2. The Morgan fingerprint density at radius 2 is 1.96 bits per heavy atom. The standard InChI is InChI=1S/C19H29N3O6/c1-26-8-9-28-18-11-16(22(24)25)14(10-17(18)27-2)19(23)21-15(12-20)13-6-4-3-5-7-13/h10-11,13,15H,3-9,12,20H2,1-2H3,(H,21,23). The van der Waals surface area contributed by atoms with Crippen molar-refractivity contribution in [2.75, 3.05) is 34.0 Å². The van der Waals surface area contributed by atoms with E-state index in [9.17, 15) is 14.9 Å². The van der Waals surface area contributed by atoms with Gasteiger partial charge in [-0.05, 0) is 18.8 Å². The second-order valence-corrected chi connectivity index (χ2v) is 6.83. The van der Waals surface area contributed by atoms with Gasteiger partial charge in [0, 0.05) is 25.8 Å². The summed E-state index contributed by atoms with van der Waals surface area (Å²) < 4.78 is 15.7. The Morgan fingerprint density at radius 1 is 1.25 bits per heavy atom. The molecule has 1 aromatic carbocycles. The summed E-state index contributed by atoms with van der Waals surface area (Å²) >= 11 is 0. The summed E-state index contributed by atoms with van der Waals surface area (Å²) in [4.78, 5) is 23.8. The van der Waals surface area contributed by atoms with Crippen LogP contribution in [0.4, 0.5) is 5.69 Å². The Bertz CT molecular complexity index is 676. The van der Waals surface area contributed by atoms with Gasteiger partial charge in [-0.15, -0.1) is 0 Å². The topological polar surface area (TPSA) is 126 Å². The molecule has 0 radical (unpaired) electrons. The molecule has 9 heteroatoms. The van der Waals surface area contributed by atoms with E-state index >= 15 is 0 Å². The lowest BCUT2D eigenvalue weighted by Gasteiger charge is -2.30. The van der Waals surface area contributed by atoms with E-state index < -0.39 is 10.8 Å². The third-order valence-corrected chi connectivity index (χ3v) is 5.06. The molecule has 0 aromatic heterocycles. The quantitative estimate of drug-likeness (QED) is 0.353. The Hall–Kier alpha value is -2.39. The number of carbonyl (C=O) groups excluding carboxylic acids is 1. The number of nitrogens with two attached hydrogens (primary N) is 1. The first kappa shape index (κ1) is 21.9. The number of benzene rings is 1. The molecule has 1 saturated carbocycles. The van der Waals surface area contributed by atoms with Crippen LogP contribution in [0.1, 0.15) is 42.5 Å². The lowest BCUT2D eigenvalue weighted by molar-refractivity contribution is -0.385. The summed E-state index contributed by atoms with van der Waals surface area (Å²) in [7, 11) is 2.94. The Labute approximate surface area is 164 Å². The highest BCUT2D eigenvalue weighted by Gasteiger charge is 2.29. The molecule has 156 valence electrons. The SMILES string of the molecule is COCCOc1cc([N+](=O)[O-])c(C(=O)NC(CN)C2CCCCC2)cc1OC. The molecule has 0 spiro atoms. The van der Waals surface area contributed by atoms with Crippen molar-refractivity contribution in [3.63, 3.8) is 0 Å². The normalized spacial score (nSPS) is 15.7. The predicted molar refractivity (Wildman–Crippen MR) is 104 cm³/mol. The fraction of sp³-hybridized carbons (Fsp3) is 0.632. The van der Waals surface area contributed by atoms with Gasteiger partial charge in [0.25, 0.3) is 11.6 Å². The van der Waals surface area contributed by atoms with Crippen LogP contribution in [0.15, 0.2) is 12.1 Å². The second kappa shape index (κ2) is 10.8. The van der Waals surface area contributed by atoms with Crippen LogP contribution >= 0.6 is 0 Å². The highest BCUT2D eigenvalue weighted by Crippen LogP contribution is 2.35. The van der Waals surface area contributed by atoms with Crippen molar-refractivity contribution in [3.05, 3.63) is 27.8 Å². The molecule has 1 amide bonds. The van der Waals surface area contributed by atoms with Crippen LogP contribution in [0, 0.1) is 16.0 Å². The molecule has 2 rings (SSSR count). The molecule has 0 bridgehead atoms. The van der Waals surface area contributed by atoms with E-state index in [4.69, 9.17) is 19.9 Å². The molecule has 1 atom stereocenters. The van der Waals surface area contributed by atoms with Gasteiger partial charge in [-0.3, -0.25) is 14.9 Å². The molecule has 1 aromatic rings. The molecule has 1 aliphatic carbocycles. The molecule has 1 aliphatic rings. The van der Waals surface area contributed by atoms with Crippen molar-refractivity contribution in [3.8, 4) is 11.5 Å². The van der Waals surface area contributed by atoms with E-state index in [1.54, 1.807) is 0 Å². The van der Waals surface area contributed by atoms with E-state index in [1.165, 1.54) is 32.8 Å². The zero-order valence-electron chi connectivity index (χ0n) is 16.4. The molecule has 1 unspecified atom stereocenters. The summed E-state index contributed by atoms with van der Waals surface area (Å²) in [5, 5.41) is 14.4. The summed E-state index contributed by atoms with van der Waals surface area (Å²) in [6.07, 6.45) is 5.41. The van der Waals surface area contributed by atoms with Crippen LogP contribution in [0.5, 0.6) is 11.5 Å². The van der Waals surface area contributed by atoms with Gasteiger partial charge < -0.3 is 25.3 Å². The van der Waals surface area contributed by atoms with Crippen LogP contribution in [0.25, 0.3) is 0 Å². The van der Waals surface area contributed by atoms with Gasteiger partial charge >= 0.3 is 0 Å². The first-order valence-electron chi connectivity index (χ1n) is 9.50. The van der Waals surface area contributed by atoms with E-state index in [0.717, 1.165) is 25.7 Å².